The molecule has 1 aliphatic heterocycles. The number of aliphatic carboxylic acids is 1. The Morgan fingerprint density at radius 1 is 1.45 bits per heavy atom. The van der Waals surface area contributed by atoms with E-state index in [1.165, 1.54) is 11.3 Å². The predicted molar refractivity (Wildman–Crippen MR) is 81.0 cm³/mol. The molecule has 0 saturated heterocycles. The van der Waals surface area contributed by atoms with Gasteiger partial charge in [-0.25, -0.2) is 0 Å². The van der Waals surface area contributed by atoms with Crippen LogP contribution in [0.4, 0.5) is 5.69 Å². The van der Waals surface area contributed by atoms with Crippen molar-refractivity contribution in [3.63, 3.8) is 0 Å². The molecule has 0 bridgehead atoms. The first kappa shape index (κ1) is 14.9. The molecule has 2 rings (SSSR count). The fourth-order valence-corrected chi connectivity index (χ4v) is 2.70. The van der Waals surface area contributed by atoms with Crippen molar-refractivity contribution in [3.8, 4) is 0 Å². The van der Waals surface area contributed by atoms with Crippen LogP contribution >= 0.6 is 0 Å². The van der Waals surface area contributed by atoms with Gasteiger partial charge in [-0.1, -0.05) is 32.0 Å². The number of hydrogen-bond acceptors (Lipinski definition) is 3. The second kappa shape index (κ2) is 6.75. The molecule has 0 radical (unpaired) electrons. The van der Waals surface area contributed by atoms with Gasteiger partial charge in [-0.3, -0.25) is 4.79 Å². The van der Waals surface area contributed by atoms with E-state index in [1.54, 1.807) is 0 Å². The summed E-state index contributed by atoms with van der Waals surface area (Å²) in [5.41, 5.74) is 3.70. The third-order valence-corrected chi connectivity index (χ3v) is 3.71. The van der Waals surface area contributed by atoms with Crippen LogP contribution in [0.1, 0.15) is 37.8 Å². The van der Waals surface area contributed by atoms with Gasteiger partial charge < -0.3 is 15.7 Å². The third-order valence-electron chi connectivity index (χ3n) is 3.71. The molecule has 110 valence electrons. The first-order valence-corrected chi connectivity index (χ1v) is 7.38. The highest BCUT2D eigenvalue weighted by Crippen LogP contribution is 2.26. The molecule has 4 nitrogen and oxygen atoms in total. The van der Waals surface area contributed by atoms with Gasteiger partial charge in [0, 0.05) is 18.8 Å². The van der Waals surface area contributed by atoms with Crippen LogP contribution in [0.15, 0.2) is 18.2 Å². The molecule has 1 atom stereocenters. The van der Waals surface area contributed by atoms with Gasteiger partial charge in [-0.2, -0.15) is 0 Å². The average Bonchev–Trinajstić information content (AvgIpc) is 2.42. The second-order valence-corrected chi connectivity index (χ2v) is 5.88. The number of anilines is 1. The highest BCUT2D eigenvalue weighted by molar-refractivity contribution is 5.73. The van der Waals surface area contributed by atoms with Crippen molar-refractivity contribution in [2.24, 2.45) is 5.92 Å². The van der Waals surface area contributed by atoms with Crippen LogP contribution in [0.2, 0.25) is 0 Å². The van der Waals surface area contributed by atoms with Crippen molar-refractivity contribution in [3.05, 3.63) is 29.3 Å². The predicted octanol–water partition coefficient (Wildman–Crippen LogP) is 2.63. The number of hydrogen-bond donors (Lipinski definition) is 3. The van der Waals surface area contributed by atoms with Gasteiger partial charge in [0.15, 0.2) is 0 Å². The van der Waals surface area contributed by atoms with Gasteiger partial charge in [-0.05, 0) is 36.3 Å². The van der Waals surface area contributed by atoms with Crippen LogP contribution in [-0.2, 0) is 17.8 Å². The monoisotopic (exact) mass is 276 g/mol. The van der Waals surface area contributed by atoms with Crippen molar-refractivity contribution >= 4 is 11.7 Å². The molecule has 0 saturated carbocycles. The minimum Gasteiger partial charge on any atom is -0.480 e. The summed E-state index contributed by atoms with van der Waals surface area (Å²) < 4.78 is 0. The van der Waals surface area contributed by atoms with Crippen LogP contribution in [0.5, 0.6) is 0 Å². The molecule has 3 N–H and O–H groups in total. The van der Waals surface area contributed by atoms with Crippen LogP contribution in [0, 0.1) is 5.92 Å². The topological polar surface area (TPSA) is 61.4 Å². The quantitative estimate of drug-likeness (QED) is 0.747. The van der Waals surface area contributed by atoms with Crippen LogP contribution < -0.4 is 10.6 Å². The maximum absolute atomic E-state index is 11.3. The van der Waals surface area contributed by atoms with Gasteiger partial charge in [-0.15, -0.1) is 0 Å². The Morgan fingerprint density at radius 2 is 2.25 bits per heavy atom. The van der Waals surface area contributed by atoms with Gasteiger partial charge >= 0.3 is 5.97 Å². The summed E-state index contributed by atoms with van der Waals surface area (Å²) in [5, 5.41) is 15.9. The second-order valence-electron chi connectivity index (χ2n) is 5.88. The summed E-state index contributed by atoms with van der Waals surface area (Å²) in [5.74, 6) is -0.400. The molecule has 1 heterocycles. The zero-order valence-electron chi connectivity index (χ0n) is 12.3. The molecule has 4 heteroatoms. The maximum atomic E-state index is 11.3. The normalized spacial score (nSPS) is 15.6. The number of aryl methyl sites for hydroxylation is 1. The average molecular weight is 276 g/mol. The third kappa shape index (κ3) is 3.73. The van der Waals surface area contributed by atoms with E-state index in [-0.39, 0.29) is 0 Å². The largest absolute Gasteiger partial charge is 0.480 e. The zero-order chi connectivity index (χ0) is 14.5. The van der Waals surface area contributed by atoms with E-state index < -0.39 is 12.0 Å². The fourth-order valence-electron chi connectivity index (χ4n) is 2.70. The van der Waals surface area contributed by atoms with E-state index in [1.807, 2.05) is 13.8 Å². The molecular formula is C16H24N2O2. The number of benzene rings is 1. The van der Waals surface area contributed by atoms with Crippen molar-refractivity contribution in [1.82, 2.24) is 5.32 Å². The van der Waals surface area contributed by atoms with Crippen molar-refractivity contribution < 1.29 is 9.90 Å². The van der Waals surface area contributed by atoms with E-state index in [9.17, 15) is 9.90 Å². The van der Waals surface area contributed by atoms with E-state index in [0.717, 1.165) is 24.9 Å². The highest BCUT2D eigenvalue weighted by Gasteiger charge is 2.19. The summed E-state index contributed by atoms with van der Waals surface area (Å²) >= 11 is 0. The molecule has 1 aliphatic rings. The number of nitrogens with one attached hydrogen (secondary N) is 2. The van der Waals surface area contributed by atoms with Gasteiger partial charge in [0.2, 0.25) is 0 Å². The lowest BCUT2D eigenvalue weighted by molar-refractivity contribution is -0.140. The molecule has 20 heavy (non-hydrogen) atoms. The Kier molecular flexibility index (Phi) is 5.01. The van der Waals surface area contributed by atoms with Crippen molar-refractivity contribution in [1.29, 1.82) is 0 Å². The molecule has 0 aromatic heterocycles. The summed E-state index contributed by atoms with van der Waals surface area (Å²) in [6.07, 6.45) is 2.91. The Balaban J connectivity index is 2.04. The van der Waals surface area contributed by atoms with E-state index in [2.05, 4.69) is 28.8 Å². The SMILES string of the molecule is CC(C)CC(NCc1cccc2c1NCCC2)C(=O)O. The fraction of sp³-hybridized carbons (Fsp3) is 0.562. The molecule has 0 aliphatic carbocycles. The Bertz CT molecular complexity index is 472. The number of fused-ring (bicyclic) bond motifs is 1. The van der Waals surface area contributed by atoms with Gasteiger partial charge in [0.05, 0.1) is 0 Å². The lowest BCUT2D eigenvalue weighted by Gasteiger charge is -2.23. The smallest absolute Gasteiger partial charge is 0.320 e. The van der Waals surface area contributed by atoms with Crippen LogP contribution in [0.3, 0.4) is 0 Å². The molecule has 0 fully saturated rings. The Morgan fingerprint density at radius 3 is 2.95 bits per heavy atom. The van der Waals surface area contributed by atoms with Gasteiger partial charge in [0.1, 0.15) is 6.04 Å². The standard InChI is InChI=1S/C16H24N2O2/c1-11(2)9-14(16(19)20)18-10-13-6-3-5-12-7-4-8-17-15(12)13/h3,5-6,11,14,17-18H,4,7-10H2,1-2H3,(H,19,20). The lowest BCUT2D eigenvalue weighted by Crippen LogP contribution is -2.37. The zero-order valence-corrected chi connectivity index (χ0v) is 12.3. The first-order chi connectivity index (χ1) is 9.58. The molecule has 1 aromatic rings. The lowest BCUT2D eigenvalue weighted by atomic mass is 9.98. The minimum atomic E-state index is -0.767. The van der Waals surface area contributed by atoms with Crippen molar-refractivity contribution in [2.45, 2.75) is 45.7 Å². The minimum absolute atomic E-state index is 0.367. The first-order valence-electron chi connectivity index (χ1n) is 7.38. The van der Waals surface area contributed by atoms with Gasteiger partial charge in [0.25, 0.3) is 0 Å². The van der Waals surface area contributed by atoms with Crippen molar-refractivity contribution in [2.75, 3.05) is 11.9 Å². The Labute approximate surface area is 120 Å². The Hall–Kier alpha value is -1.55. The van der Waals surface area contributed by atoms with E-state index in [4.69, 9.17) is 0 Å². The molecule has 0 amide bonds. The molecular weight excluding hydrogens is 252 g/mol. The summed E-state index contributed by atoms with van der Waals surface area (Å²) in [7, 11) is 0. The summed E-state index contributed by atoms with van der Waals surface area (Å²) in [6, 6.07) is 5.79. The molecule has 1 aromatic carbocycles. The van der Waals surface area contributed by atoms with Crippen LogP contribution in [-0.4, -0.2) is 23.7 Å². The number of rotatable bonds is 6. The van der Waals surface area contributed by atoms with Crippen LogP contribution in [0.25, 0.3) is 0 Å². The maximum Gasteiger partial charge on any atom is 0.320 e. The van der Waals surface area contributed by atoms with E-state index in [0.29, 0.717) is 18.9 Å². The molecule has 1 unspecified atom stereocenters. The number of carboxylic acids is 1. The number of carboxylic acid groups (broad SMARTS) is 1. The number of para-hydroxylation sites is 1. The summed E-state index contributed by atoms with van der Waals surface area (Å²) in [6.45, 7) is 5.69. The molecule has 0 spiro atoms. The highest BCUT2D eigenvalue weighted by atomic mass is 16.4. The number of carbonyl (C=O) groups is 1. The van der Waals surface area contributed by atoms with E-state index >= 15 is 0 Å². The summed E-state index contributed by atoms with van der Waals surface area (Å²) in [4.78, 5) is 11.3.